The zero-order valence-corrected chi connectivity index (χ0v) is 11.7. The summed E-state index contributed by atoms with van der Waals surface area (Å²) in [4.78, 5) is 2.60. The van der Waals surface area contributed by atoms with Gasteiger partial charge in [-0.1, -0.05) is 13.8 Å². The Morgan fingerprint density at radius 1 is 1.39 bits per heavy atom. The van der Waals surface area contributed by atoms with Gasteiger partial charge in [-0.3, -0.25) is 0 Å². The van der Waals surface area contributed by atoms with Gasteiger partial charge in [0.2, 0.25) is 0 Å². The molecule has 0 saturated carbocycles. The molecule has 0 radical (unpaired) electrons. The maximum absolute atomic E-state index is 5.30. The minimum atomic E-state index is 0.598. The van der Waals surface area contributed by atoms with Crippen LogP contribution in [0, 0.1) is 5.41 Å². The normalized spacial score (nSPS) is 19.4. The van der Waals surface area contributed by atoms with E-state index in [1.54, 1.807) is 6.26 Å². The Balaban J connectivity index is 1.63. The second-order valence-electron chi connectivity index (χ2n) is 5.49. The van der Waals surface area contributed by atoms with Crippen LogP contribution in [0.15, 0.2) is 22.8 Å². The lowest BCUT2D eigenvalue weighted by Gasteiger charge is -2.26. The Morgan fingerprint density at radius 3 is 2.83 bits per heavy atom. The van der Waals surface area contributed by atoms with Crippen LogP contribution in [-0.4, -0.2) is 31.1 Å². The molecule has 1 saturated heterocycles. The molecule has 0 aliphatic carbocycles. The molecule has 0 atom stereocenters. The van der Waals surface area contributed by atoms with Gasteiger partial charge in [0, 0.05) is 19.6 Å². The molecule has 2 heterocycles. The van der Waals surface area contributed by atoms with Crippen molar-refractivity contribution in [2.24, 2.45) is 5.41 Å². The summed E-state index contributed by atoms with van der Waals surface area (Å²) < 4.78 is 5.30. The summed E-state index contributed by atoms with van der Waals surface area (Å²) in [6.07, 6.45) is 5.74. The van der Waals surface area contributed by atoms with Crippen LogP contribution in [0.4, 0.5) is 0 Å². The highest BCUT2D eigenvalue weighted by Gasteiger charge is 2.34. The number of likely N-dealkylation sites (tertiary alicyclic amines) is 1. The SMILES string of the molecule is CCC1(CC)CCN(CCNCc2ccco2)C1. The summed E-state index contributed by atoms with van der Waals surface area (Å²) in [5.74, 6) is 1.02. The van der Waals surface area contributed by atoms with E-state index in [0.717, 1.165) is 25.4 Å². The molecule has 0 amide bonds. The molecule has 2 rings (SSSR count). The van der Waals surface area contributed by atoms with Gasteiger partial charge >= 0.3 is 0 Å². The lowest BCUT2D eigenvalue weighted by molar-refractivity contribution is 0.240. The fourth-order valence-corrected chi connectivity index (χ4v) is 2.91. The average molecular weight is 250 g/mol. The van der Waals surface area contributed by atoms with Crippen LogP contribution >= 0.6 is 0 Å². The highest BCUT2D eigenvalue weighted by molar-refractivity contribution is 4.97. The van der Waals surface area contributed by atoms with Crippen molar-refractivity contribution in [1.82, 2.24) is 10.2 Å². The molecule has 1 aromatic rings. The van der Waals surface area contributed by atoms with Crippen LogP contribution < -0.4 is 5.32 Å². The summed E-state index contributed by atoms with van der Waals surface area (Å²) in [7, 11) is 0. The molecule has 1 fully saturated rings. The second-order valence-corrected chi connectivity index (χ2v) is 5.49. The molecule has 18 heavy (non-hydrogen) atoms. The van der Waals surface area contributed by atoms with Crippen LogP contribution in [0.3, 0.4) is 0 Å². The van der Waals surface area contributed by atoms with Gasteiger partial charge in [0.05, 0.1) is 12.8 Å². The quantitative estimate of drug-likeness (QED) is 0.754. The molecule has 1 aliphatic heterocycles. The van der Waals surface area contributed by atoms with E-state index in [1.165, 1.54) is 32.4 Å². The van der Waals surface area contributed by atoms with Crippen molar-refractivity contribution in [3.63, 3.8) is 0 Å². The van der Waals surface area contributed by atoms with E-state index in [1.807, 2.05) is 12.1 Å². The molecule has 1 aliphatic rings. The predicted molar refractivity (Wildman–Crippen MR) is 74.5 cm³/mol. The first-order valence-corrected chi connectivity index (χ1v) is 7.23. The van der Waals surface area contributed by atoms with Crippen LogP contribution in [0.2, 0.25) is 0 Å². The third kappa shape index (κ3) is 3.36. The van der Waals surface area contributed by atoms with Crippen LogP contribution in [0.25, 0.3) is 0 Å². The molecule has 1 N–H and O–H groups in total. The Hall–Kier alpha value is -0.800. The lowest BCUT2D eigenvalue weighted by Crippen LogP contribution is -2.32. The molecule has 102 valence electrons. The van der Waals surface area contributed by atoms with E-state index in [9.17, 15) is 0 Å². The molecule has 3 nitrogen and oxygen atoms in total. The minimum Gasteiger partial charge on any atom is -0.468 e. The number of rotatable bonds is 7. The van der Waals surface area contributed by atoms with Gasteiger partial charge in [-0.2, -0.15) is 0 Å². The summed E-state index contributed by atoms with van der Waals surface area (Å²) in [6.45, 7) is 10.3. The van der Waals surface area contributed by atoms with Gasteiger partial charge in [0.15, 0.2) is 0 Å². The van der Waals surface area contributed by atoms with Crippen LogP contribution in [0.5, 0.6) is 0 Å². The third-order valence-electron chi connectivity index (χ3n) is 4.50. The van der Waals surface area contributed by atoms with E-state index >= 15 is 0 Å². The van der Waals surface area contributed by atoms with E-state index < -0.39 is 0 Å². The Bertz CT molecular complexity index is 330. The first-order chi connectivity index (χ1) is 8.78. The Morgan fingerprint density at radius 2 is 2.22 bits per heavy atom. The largest absolute Gasteiger partial charge is 0.468 e. The zero-order valence-electron chi connectivity index (χ0n) is 11.7. The standard InChI is InChI=1S/C15H26N2O/c1-3-15(4-2)7-9-17(13-15)10-8-16-12-14-6-5-11-18-14/h5-6,11,16H,3-4,7-10,12-13H2,1-2H3. The van der Waals surface area contributed by atoms with E-state index in [-0.39, 0.29) is 0 Å². The average Bonchev–Trinajstić information content (AvgIpc) is 3.05. The molecule has 0 bridgehead atoms. The van der Waals surface area contributed by atoms with Crippen molar-refractivity contribution in [1.29, 1.82) is 0 Å². The fraction of sp³-hybridized carbons (Fsp3) is 0.733. The Labute approximate surface area is 111 Å². The van der Waals surface area contributed by atoms with Gasteiger partial charge in [0.25, 0.3) is 0 Å². The second kappa shape index (κ2) is 6.39. The predicted octanol–water partition coefficient (Wildman–Crippen LogP) is 2.88. The highest BCUT2D eigenvalue weighted by Crippen LogP contribution is 2.36. The van der Waals surface area contributed by atoms with Crippen molar-refractivity contribution in [2.75, 3.05) is 26.2 Å². The number of nitrogens with zero attached hydrogens (tertiary/aromatic N) is 1. The smallest absolute Gasteiger partial charge is 0.117 e. The van der Waals surface area contributed by atoms with Crippen molar-refractivity contribution in [3.05, 3.63) is 24.2 Å². The van der Waals surface area contributed by atoms with Crippen LogP contribution in [-0.2, 0) is 6.54 Å². The zero-order chi connectivity index (χ0) is 12.8. The molecule has 0 aromatic carbocycles. The van der Waals surface area contributed by atoms with Crippen molar-refractivity contribution in [3.8, 4) is 0 Å². The molecule has 1 aromatic heterocycles. The summed E-state index contributed by atoms with van der Waals surface area (Å²) >= 11 is 0. The maximum atomic E-state index is 5.30. The molecular weight excluding hydrogens is 224 g/mol. The van der Waals surface area contributed by atoms with E-state index in [2.05, 4.69) is 24.1 Å². The topological polar surface area (TPSA) is 28.4 Å². The minimum absolute atomic E-state index is 0.598. The first kappa shape index (κ1) is 13.6. The lowest BCUT2D eigenvalue weighted by atomic mass is 9.82. The summed E-state index contributed by atoms with van der Waals surface area (Å²) in [5.41, 5.74) is 0.598. The molecule has 0 spiro atoms. The molecular formula is C15H26N2O. The summed E-state index contributed by atoms with van der Waals surface area (Å²) in [5, 5.41) is 3.44. The van der Waals surface area contributed by atoms with Crippen molar-refractivity contribution < 1.29 is 4.42 Å². The number of hydrogen-bond donors (Lipinski definition) is 1. The molecule has 0 unspecified atom stereocenters. The van der Waals surface area contributed by atoms with Gasteiger partial charge in [-0.15, -0.1) is 0 Å². The summed E-state index contributed by atoms with van der Waals surface area (Å²) in [6, 6.07) is 3.95. The van der Waals surface area contributed by atoms with Gasteiger partial charge < -0.3 is 14.6 Å². The molecule has 3 heteroatoms. The number of furan rings is 1. The van der Waals surface area contributed by atoms with Crippen molar-refractivity contribution in [2.45, 2.75) is 39.7 Å². The van der Waals surface area contributed by atoms with Gasteiger partial charge in [-0.25, -0.2) is 0 Å². The maximum Gasteiger partial charge on any atom is 0.117 e. The highest BCUT2D eigenvalue weighted by atomic mass is 16.3. The van der Waals surface area contributed by atoms with Crippen LogP contribution in [0.1, 0.15) is 38.9 Å². The first-order valence-electron chi connectivity index (χ1n) is 7.23. The van der Waals surface area contributed by atoms with Gasteiger partial charge in [-0.05, 0) is 43.4 Å². The third-order valence-corrected chi connectivity index (χ3v) is 4.50. The van der Waals surface area contributed by atoms with E-state index in [0.29, 0.717) is 5.41 Å². The van der Waals surface area contributed by atoms with Crippen molar-refractivity contribution >= 4 is 0 Å². The van der Waals surface area contributed by atoms with Gasteiger partial charge in [0.1, 0.15) is 5.76 Å². The monoisotopic (exact) mass is 250 g/mol. The number of hydrogen-bond acceptors (Lipinski definition) is 3. The Kier molecular flexibility index (Phi) is 4.84. The fourth-order valence-electron chi connectivity index (χ4n) is 2.91. The number of nitrogens with one attached hydrogen (secondary N) is 1. The van der Waals surface area contributed by atoms with E-state index in [4.69, 9.17) is 4.42 Å².